The third-order valence-electron chi connectivity index (χ3n) is 5.57. The number of anilines is 2. The van der Waals surface area contributed by atoms with Crippen LogP contribution < -0.4 is 19.7 Å². The average molecular weight is 368 g/mol. The monoisotopic (exact) mass is 368 g/mol. The minimum Gasteiger partial charge on any atom is -0.493 e. The Balaban J connectivity index is 1.57. The molecule has 1 aliphatic carbocycles. The highest BCUT2D eigenvalue weighted by atomic mass is 16.5. The summed E-state index contributed by atoms with van der Waals surface area (Å²) in [6, 6.07) is 6.78. The Bertz CT molecular complexity index is 818. The molecule has 1 aliphatic heterocycles. The molecule has 0 atom stereocenters. The largest absolute Gasteiger partial charge is 0.493 e. The van der Waals surface area contributed by atoms with Gasteiger partial charge in [0.2, 0.25) is 5.95 Å². The fourth-order valence-corrected chi connectivity index (χ4v) is 4.11. The number of methoxy groups -OCH3 is 2. The quantitative estimate of drug-likeness (QED) is 0.868. The molecule has 0 spiro atoms. The van der Waals surface area contributed by atoms with Crippen LogP contribution in [0.1, 0.15) is 42.5 Å². The van der Waals surface area contributed by atoms with Gasteiger partial charge in [0.05, 0.1) is 14.2 Å². The van der Waals surface area contributed by atoms with E-state index in [1.165, 1.54) is 36.8 Å². The summed E-state index contributed by atoms with van der Waals surface area (Å²) in [6.07, 6.45) is 5.98. The topological polar surface area (TPSA) is 59.5 Å². The number of rotatable bonds is 5. The minimum atomic E-state index is 0.512. The molecular formula is C21H28N4O2. The lowest BCUT2D eigenvalue weighted by molar-refractivity contribution is 0.353. The lowest BCUT2D eigenvalue weighted by atomic mass is 9.99. The van der Waals surface area contributed by atoms with Crippen LogP contribution in [0.5, 0.6) is 11.5 Å². The van der Waals surface area contributed by atoms with E-state index in [4.69, 9.17) is 14.5 Å². The third-order valence-corrected chi connectivity index (χ3v) is 5.57. The van der Waals surface area contributed by atoms with E-state index in [9.17, 15) is 0 Å². The maximum Gasteiger partial charge on any atom is 0.225 e. The van der Waals surface area contributed by atoms with Crippen molar-refractivity contribution in [3.63, 3.8) is 0 Å². The van der Waals surface area contributed by atoms with Crippen molar-refractivity contribution in [3.8, 4) is 11.5 Å². The van der Waals surface area contributed by atoms with Crippen molar-refractivity contribution in [2.75, 3.05) is 31.0 Å². The van der Waals surface area contributed by atoms with E-state index in [1.807, 2.05) is 6.92 Å². The van der Waals surface area contributed by atoms with Crippen molar-refractivity contribution < 1.29 is 9.47 Å². The predicted molar refractivity (Wildman–Crippen MR) is 107 cm³/mol. The molecule has 2 heterocycles. The van der Waals surface area contributed by atoms with Gasteiger partial charge in [-0.05, 0) is 49.4 Å². The van der Waals surface area contributed by atoms with Crippen LogP contribution in [-0.2, 0) is 13.0 Å². The van der Waals surface area contributed by atoms with Gasteiger partial charge in [-0.25, -0.2) is 4.98 Å². The molecule has 6 nitrogen and oxygen atoms in total. The highest BCUT2D eigenvalue weighted by molar-refractivity contribution is 5.53. The number of benzene rings is 1. The number of nitrogens with one attached hydrogen (secondary N) is 1. The molecule has 1 aromatic carbocycles. The summed E-state index contributed by atoms with van der Waals surface area (Å²) in [5.41, 5.74) is 3.58. The van der Waals surface area contributed by atoms with E-state index < -0.39 is 0 Å². The maximum atomic E-state index is 5.48. The summed E-state index contributed by atoms with van der Waals surface area (Å²) < 4.78 is 10.9. The molecule has 2 aromatic rings. The van der Waals surface area contributed by atoms with Gasteiger partial charge < -0.3 is 19.7 Å². The summed E-state index contributed by atoms with van der Waals surface area (Å²) in [4.78, 5) is 11.7. The van der Waals surface area contributed by atoms with Crippen LogP contribution >= 0.6 is 0 Å². The number of nitrogens with zero attached hydrogens (tertiary/aromatic N) is 3. The number of hydrogen-bond acceptors (Lipinski definition) is 6. The van der Waals surface area contributed by atoms with Crippen LogP contribution in [0.2, 0.25) is 0 Å². The highest BCUT2D eigenvalue weighted by Gasteiger charge is 2.22. The lowest BCUT2D eigenvalue weighted by Crippen LogP contribution is -2.31. The van der Waals surface area contributed by atoms with Crippen molar-refractivity contribution in [3.05, 3.63) is 35.0 Å². The zero-order chi connectivity index (χ0) is 18.8. The van der Waals surface area contributed by atoms with Gasteiger partial charge in [-0.15, -0.1) is 0 Å². The molecular weight excluding hydrogens is 340 g/mol. The Hall–Kier alpha value is -2.50. The minimum absolute atomic E-state index is 0.512. The van der Waals surface area contributed by atoms with Crippen LogP contribution in [0.25, 0.3) is 0 Å². The van der Waals surface area contributed by atoms with E-state index in [0.29, 0.717) is 6.04 Å². The fraction of sp³-hybridized carbons (Fsp3) is 0.524. The zero-order valence-corrected chi connectivity index (χ0v) is 16.4. The van der Waals surface area contributed by atoms with Gasteiger partial charge in [0.25, 0.3) is 0 Å². The molecule has 0 radical (unpaired) electrons. The molecule has 1 fully saturated rings. The van der Waals surface area contributed by atoms with E-state index in [0.717, 1.165) is 48.5 Å². The first-order valence-corrected chi connectivity index (χ1v) is 9.77. The normalized spacial score (nSPS) is 16.9. The van der Waals surface area contributed by atoms with Gasteiger partial charge in [-0.1, -0.05) is 12.8 Å². The van der Waals surface area contributed by atoms with Crippen molar-refractivity contribution in [2.24, 2.45) is 0 Å². The fourth-order valence-electron chi connectivity index (χ4n) is 4.11. The van der Waals surface area contributed by atoms with Crippen molar-refractivity contribution >= 4 is 11.8 Å². The Morgan fingerprint density at radius 1 is 1.00 bits per heavy atom. The Morgan fingerprint density at radius 3 is 2.41 bits per heavy atom. The van der Waals surface area contributed by atoms with Gasteiger partial charge in [-0.3, -0.25) is 0 Å². The van der Waals surface area contributed by atoms with E-state index in [1.54, 1.807) is 14.2 Å². The first-order valence-electron chi connectivity index (χ1n) is 9.77. The average Bonchev–Trinajstić information content (AvgIpc) is 3.18. The lowest BCUT2D eigenvalue weighted by Gasteiger charge is -2.31. The number of ether oxygens (including phenoxy) is 2. The first-order chi connectivity index (χ1) is 13.2. The number of aromatic nitrogens is 2. The standard InChI is InChI=1S/C21H28N4O2/c1-14-10-20(24-21(22-14)23-17-6-4-5-7-17)25-9-8-15-11-18(26-2)19(27-3)12-16(15)13-25/h10-12,17H,4-9,13H2,1-3H3,(H,22,23,24). The molecule has 0 bridgehead atoms. The van der Waals surface area contributed by atoms with Gasteiger partial charge in [0.15, 0.2) is 11.5 Å². The van der Waals surface area contributed by atoms with Crippen LogP contribution in [0.15, 0.2) is 18.2 Å². The van der Waals surface area contributed by atoms with Gasteiger partial charge in [0, 0.05) is 30.9 Å². The van der Waals surface area contributed by atoms with Gasteiger partial charge in [0.1, 0.15) is 5.82 Å². The summed E-state index contributed by atoms with van der Waals surface area (Å²) in [5.74, 6) is 3.32. The molecule has 27 heavy (non-hydrogen) atoms. The van der Waals surface area contributed by atoms with Crippen molar-refractivity contribution in [1.29, 1.82) is 0 Å². The second-order valence-corrected chi connectivity index (χ2v) is 7.46. The van der Waals surface area contributed by atoms with Gasteiger partial charge >= 0.3 is 0 Å². The summed E-state index contributed by atoms with van der Waals surface area (Å²) >= 11 is 0. The van der Waals surface area contributed by atoms with Crippen LogP contribution in [0.4, 0.5) is 11.8 Å². The first kappa shape index (κ1) is 17.9. The molecule has 0 amide bonds. The zero-order valence-electron chi connectivity index (χ0n) is 16.4. The number of fused-ring (bicyclic) bond motifs is 1. The Kier molecular flexibility index (Phi) is 5.05. The molecule has 2 aliphatic rings. The van der Waals surface area contributed by atoms with Crippen LogP contribution in [0.3, 0.4) is 0 Å². The Labute approximate surface area is 160 Å². The molecule has 4 rings (SSSR count). The molecule has 1 aromatic heterocycles. The highest BCUT2D eigenvalue weighted by Crippen LogP contribution is 2.34. The predicted octanol–water partition coefficient (Wildman–Crippen LogP) is 3.72. The summed E-state index contributed by atoms with van der Waals surface area (Å²) in [7, 11) is 3.36. The number of aryl methyl sites for hydroxylation is 1. The third kappa shape index (κ3) is 3.80. The summed E-state index contributed by atoms with van der Waals surface area (Å²) in [6.45, 7) is 3.79. The second-order valence-electron chi connectivity index (χ2n) is 7.46. The van der Waals surface area contributed by atoms with Gasteiger partial charge in [-0.2, -0.15) is 4.98 Å². The van der Waals surface area contributed by atoms with Crippen LogP contribution in [-0.4, -0.2) is 36.8 Å². The molecule has 1 saturated carbocycles. The van der Waals surface area contributed by atoms with E-state index >= 15 is 0 Å². The number of hydrogen-bond donors (Lipinski definition) is 1. The maximum absolute atomic E-state index is 5.48. The van der Waals surface area contributed by atoms with E-state index in [2.05, 4.69) is 33.4 Å². The van der Waals surface area contributed by atoms with E-state index in [-0.39, 0.29) is 0 Å². The molecule has 6 heteroatoms. The SMILES string of the molecule is COc1cc2c(cc1OC)CN(c1cc(C)nc(NC3CCCC3)n1)CC2. The molecule has 1 N–H and O–H groups in total. The molecule has 0 saturated heterocycles. The summed E-state index contributed by atoms with van der Waals surface area (Å²) in [5, 5.41) is 3.53. The van der Waals surface area contributed by atoms with Crippen molar-refractivity contribution in [2.45, 2.75) is 51.6 Å². The smallest absolute Gasteiger partial charge is 0.225 e. The second kappa shape index (κ2) is 7.62. The Morgan fingerprint density at radius 2 is 1.70 bits per heavy atom. The molecule has 0 unspecified atom stereocenters. The molecule has 144 valence electrons. The van der Waals surface area contributed by atoms with Crippen molar-refractivity contribution in [1.82, 2.24) is 9.97 Å². The van der Waals surface area contributed by atoms with Crippen LogP contribution in [0, 0.1) is 6.92 Å².